The van der Waals surface area contributed by atoms with Crippen LogP contribution in [0.2, 0.25) is 5.15 Å². The van der Waals surface area contributed by atoms with Gasteiger partial charge in [0.15, 0.2) is 9.84 Å². The van der Waals surface area contributed by atoms with Crippen molar-refractivity contribution >= 4 is 32.3 Å². The lowest BCUT2D eigenvalue weighted by atomic mass is 10.1. The van der Waals surface area contributed by atoms with Gasteiger partial charge in [0.2, 0.25) is 0 Å². The van der Waals surface area contributed by atoms with Crippen LogP contribution < -0.4 is 0 Å². The highest BCUT2D eigenvalue weighted by Crippen LogP contribution is 2.24. The van der Waals surface area contributed by atoms with Crippen LogP contribution in [0, 0.1) is 0 Å². The van der Waals surface area contributed by atoms with Crippen LogP contribution in [0.15, 0.2) is 36.5 Å². The summed E-state index contributed by atoms with van der Waals surface area (Å²) >= 11 is 5.97. The van der Waals surface area contributed by atoms with E-state index < -0.39 is 9.84 Å². The summed E-state index contributed by atoms with van der Waals surface area (Å²) in [6, 6.07) is 9.40. The fourth-order valence-corrected chi connectivity index (χ4v) is 2.92. The first kappa shape index (κ1) is 14.0. The fourth-order valence-electron chi connectivity index (χ4n) is 2.12. The lowest BCUT2D eigenvalue weighted by Gasteiger charge is -2.05. The predicted molar refractivity (Wildman–Crippen MR) is 82.9 cm³/mol. The third kappa shape index (κ3) is 3.22. The first-order valence-corrected chi connectivity index (χ1v) is 8.63. The van der Waals surface area contributed by atoms with E-state index in [-0.39, 0.29) is 16.7 Å². The van der Waals surface area contributed by atoms with E-state index in [4.69, 9.17) is 11.6 Å². The standard InChI is InChI=1S/C14H12ClN3O2S/c1-21(19,20)8-14-17-12(7-13(15)18-14)9-2-3-11-10(6-9)4-5-16-11/h2-7,16H,8H2,1H3. The summed E-state index contributed by atoms with van der Waals surface area (Å²) in [5, 5.41) is 1.28. The van der Waals surface area contributed by atoms with Crippen molar-refractivity contribution in [2.75, 3.05) is 6.26 Å². The molecule has 0 aliphatic heterocycles. The number of nitrogens with zero attached hydrogens (tertiary/aromatic N) is 2. The van der Waals surface area contributed by atoms with E-state index in [0.717, 1.165) is 22.7 Å². The molecule has 21 heavy (non-hydrogen) atoms. The second-order valence-corrected chi connectivity index (χ2v) is 7.37. The van der Waals surface area contributed by atoms with Gasteiger partial charge in [-0.15, -0.1) is 0 Å². The topological polar surface area (TPSA) is 75.7 Å². The van der Waals surface area contributed by atoms with Gasteiger partial charge in [0.1, 0.15) is 16.7 Å². The molecule has 0 amide bonds. The Bertz CT molecular complexity index is 919. The zero-order valence-electron chi connectivity index (χ0n) is 11.2. The second-order valence-electron chi connectivity index (χ2n) is 4.84. The molecule has 0 aliphatic carbocycles. The summed E-state index contributed by atoms with van der Waals surface area (Å²) in [5.74, 6) is -0.0263. The van der Waals surface area contributed by atoms with E-state index in [1.54, 1.807) is 6.07 Å². The molecule has 0 fully saturated rings. The van der Waals surface area contributed by atoms with Crippen molar-refractivity contribution in [3.63, 3.8) is 0 Å². The van der Waals surface area contributed by atoms with Crippen molar-refractivity contribution in [2.24, 2.45) is 0 Å². The first-order valence-electron chi connectivity index (χ1n) is 6.19. The number of hydrogen-bond acceptors (Lipinski definition) is 4. The molecule has 3 rings (SSSR count). The minimum absolute atomic E-state index is 0.203. The Morgan fingerprint density at radius 1 is 1.19 bits per heavy atom. The maximum Gasteiger partial charge on any atom is 0.154 e. The summed E-state index contributed by atoms with van der Waals surface area (Å²) in [4.78, 5) is 11.4. The monoisotopic (exact) mass is 321 g/mol. The van der Waals surface area contributed by atoms with Gasteiger partial charge in [-0.25, -0.2) is 18.4 Å². The summed E-state index contributed by atoms with van der Waals surface area (Å²) in [6.07, 6.45) is 3.00. The van der Waals surface area contributed by atoms with Gasteiger partial charge in [0, 0.05) is 35.0 Å². The molecule has 0 saturated carbocycles. The van der Waals surface area contributed by atoms with Crippen molar-refractivity contribution < 1.29 is 8.42 Å². The molecule has 1 N–H and O–H groups in total. The molecule has 0 bridgehead atoms. The zero-order chi connectivity index (χ0) is 15.0. The molecular formula is C14H12ClN3O2S. The first-order chi connectivity index (χ1) is 9.90. The summed E-state index contributed by atoms with van der Waals surface area (Å²) < 4.78 is 22.7. The van der Waals surface area contributed by atoms with Gasteiger partial charge in [-0.2, -0.15) is 0 Å². The normalized spacial score (nSPS) is 11.9. The zero-order valence-corrected chi connectivity index (χ0v) is 12.7. The molecule has 0 unspecified atom stereocenters. The number of benzene rings is 1. The van der Waals surface area contributed by atoms with E-state index in [1.807, 2.05) is 30.5 Å². The smallest absolute Gasteiger partial charge is 0.154 e. The van der Waals surface area contributed by atoms with Crippen molar-refractivity contribution in [3.8, 4) is 11.3 Å². The highest BCUT2D eigenvalue weighted by molar-refractivity contribution is 7.89. The van der Waals surface area contributed by atoms with Gasteiger partial charge in [-0.1, -0.05) is 17.7 Å². The molecule has 3 aromatic rings. The molecule has 1 aromatic carbocycles. The lowest BCUT2D eigenvalue weighted by molar-refractivity contribution is 0.599. The van der Waals surface area contributed by atoms with E-state index in [1.165, 1.54) is 0 Å². The molecule has 0 radical (unpaired) electrons. The van der Waals surface area contributed by atoms with Gasteiger partial charge < -0.3 is 4.98 Å². The number of fused-ring (bicyclic) bond motifs is 1. The molecule has 2 heterocycles. The fraction of sp³-hybridized carbons (Fsp3) is 0.143. The molecule has 2 aromatic heterocycles. The van der Waals surface area contributed by atoms with Crippen LogP contribution in [0.4, 0.5) is 0 Å². The van der Waals surface area contributed by atoms with Crippen LogP contribution in [-0.4, -0.2) is 29.6 Å². The SMILES string of the molecule is CS(=O)(=O)Cc1nc(Cl)cc(-c2ccc3[nH]ccc3c2)n1. The largest absolute Gasteiger partial charge is 0.361 e. The van der Waals surface area contributed by atoms with Crippen molar-refractivity contribution in [3.05, 3.63) is 47.5 Å². The van der Waals surface area contributed by atoms with Crippen LogP contribution in [0.3, 0.4) is 0 Å². The van der Waals surface area contributed by atoms with Crippen molar-refractivity contribution in [1.82, 2.24) is 15.0 Å². The van der Waals surface area contributed by atoms with Crippen LogP contribution in [0.1, 0.15) is 5.82 Å². The predicted octanol–water partition coefficient (Wildman–Crippen LogP) is 2.82. The lowest BCUT2D eigenvalue weighted by Crippen LogP contribution is -2.06. The molecule has 0 aliphatic rings. The minimum Gasteiger partial charge on any atom is -0.361 e. The molecule has 108 valence electrons. The van der Waals surface area contributed by atoms with E-state index in [9.17, 15) is 8.42 Å². The summed E-state index contributed by atoms with van der Waals surface area (Å²) in [7, 11) is -3.21. The maximum absolute atomic E-state index is 11.4. The van der Waals surface area contributed by atoms with Gasteiger partial charge >= 0.3 is 0 Å². The Morgan fingerprint density at radius 3 is 2.76 bits per heavy atom. The maximum atomic E-state index is 11.4. The van der Waals surface area contributed by atoms with Gasteiger partial charge in [-0.3, -0.25) is 0 Å². The number of halogens is 1. The van der Waals surface area contributed by atoms with Crippen molar-refractivity contribution in [2.45, 2.75) is 5.75 Å². The number of H-pyrrole nitrogens is 1. The second kappa shape index (κ2) is 5.13. The number of rotatable bonds is 3. The van der Waals surface area contributed by atoms with E-state index in [2.05, 4.69) is 15.0 Å². The minimum atomic E-state index is -3.21. The highest BCUT2D eigenvalue weighted by Gasteiger charge is 2.11. The molecule has 0 saturated heterocycles. The number of aromatic amines is 1. The highest BCUT2D eigenvalue weighted by atomic mass is 35.5. The third-order valence-corrected chi connectivity index (χ3v) is 3.96. The number of sulfone groups is 1. The van der Waals surface area contributed by atoms with Crippen LogP contribution >= 0.6 is 11.6 Å². The number of hydrogen-bond donors (Lipinski definition) is 1. The van der Waals surface area contributed by atoms with Crippen LogP contribution in [0.25, 0.3) is 22.2 Å². The Kier molecular flexibility index (Phi) is 3.43. The summed E-state index contributed by atoms with van der Waals surface area (Å²) in [6.45, 7) is 0. The van der Waals surface area contributed by atoms with Gasteiger partial charge in [0.25, 0.3) is 0 Å². The Balaban J connectivity index is 2.08. The van der Waals surface area contributed by atoms with E-state index >= 15 is 0 Å². The molecule has 0 atom stereocenters. The Hall–Kier alpha value is -1.92. The van der Waals surface area contributed by atoms with Crippen LogP contribution in [-0.2, 0) is 15.6 Å². The third-order valence-electron chi connectivity index (χ3n) is 2.98. The average molecular weight is 322 g/mol. The number of aromatic nitrogens is 3. The molecule has 7 heteroatoms. The molecule has 5 nitrogen and oxygen atoms in total. The molecular weight excluding hydrogens is 310 g/mol. The summed E-state index contributed by atoms with van der Waals surface area (Å²) in [5.41, 5.74) is 2.49. The quantitative estimate of drug-likeness (QED) is 0.753. The Morgan fingerprint density at radius 2 is 2.00 bits per heavy atom. The van der Waals surface area contributed by atoms with Gasteiger partial charge in [-0.05, 0) is 18.2 Å². The van der Waals surface area contributed by atoms with Crippen LogP contribution in [0.5, 0.6) is 0 Å². The Labute approximate surface area is 126 Å². The van der Waals surface area contributed by atoms with E-state index in [0.29, 0.717) is 5.69 Å². The van der Waals surface area contributed by atoms with Gasteiger partial charge in [0.05, 0.1) is 5.69 Å². The average Bonchev–Trinajstić information content (AvgIpc) is 2.82. The number of nitrogens with one attached hydrogen (secondary N) is 1. The van der Waals surface area contributed by atoms with Crippen molar-refractivity contribution in [1.29, 1.82) is 0 Å². The molecule has 0 spiro atoms.